The van der Waals surface area contributed by atoms with Crippen LogP contribution < -0.4 is 5.32 Å². The molecule has 3 rings (SSSR count). The minimum absolute atomic E-state index is 0.125. The highest BCUT2D eigenvalue weighted by Gasteiger charge is 2.42. The first-order valence-electron chi connectivity index (χ1n) is 7.07. The maximum Gasteiger partial charge on any atom is 0.103 e. The van der Waals surface area contributed by atoms with Crippen LogP contribution >= 0.6 is 0 Å². The highest BCUT2D eigenvalue weighted by atomic mass is 16.5. The summed E-state index contributed by atoms with van der Waals surface area (Å²) in [5.41, 5.74) is 2.12. The maximum absolute atomic E-state index is 5.64. The molecular formula is C16H20N2O2. The molecule has 0 bridgehead atoms. The maximum atomic E-state index is 5.64. The molecule has 20 heavy (non-hydrogen) atoms. The van der Waals surface area contributed by atoms with Gasteiger partial charge in [0.25, 0.3) is 0 Å². The summed E-state index contributed by atoms with van der Waals surface area (Å²) in [6, 6.07) is 10.6. The Bertz CT molecular complexity index is 587. The predicted molar refractivity (Wildman–Crippen MR) is 80.0 cm³/mol. The van der Waals surface area contributed by atoms with Gasteiger partial charge in [0, 0.05) is 31.0 Å². The summed E-state index contributed by atoms with van der Waals surface area (Å²) in [6.45, 7) is 2.75. The Kier molecular flexibility index (Phi) is 3.85. The van der Waals surface area contributed by atoms with Gasteiger partial charge in [-0.25, -0.2) is 0 Å². The Morgan fingerprint density at radius 3 is 3.05 bits per heavy atom. The molecule has 1 aliphatic rings. The van der Waals surface area contributed by atoms with Gasteiger partial charge < -0.3 is 14.8 Å². The normalized spacial score (nSPS) is 25.4. The van der Waals surface area contributed by atoms with Crippen LogP contribution in [0.5, 0.6) is 0 Å². The van der Waals surface area contributed by atoms with Crippen molar-refractivity contribution in [2.75, 3.05) is 19.0 Å². The first-order chi connectivity index (χ1) is 9.81. The average molecular weight is 272 g/mol. The summed E-state index contributed by atoms with van der Waals surface area (Å²) in [5, 5.41) is 4.67. The number of benzene rings is 1. The van der Waals surface area contributed by atoms with Gasteiger partial charge in [0.15, 0.2) is 0 Å². The molecule has 1 heterocycles. The summed E-state index contributed by atoms with van der Waals surface area (Å²) in [6.07, 6.45) is 3.14. The van der Waals surface area contributed by atoms with E-state index in [1.807, 2.05) is 25.3 Å². The van der Waals surface area contributed by atoms with E-state index in [0.717, 1.165) is 29.6 Å². The Balaban J connectivity index is 1.70. The Hall–Kier alpha value is -1.65. The second kappa shape index (κ2) is 5.77. The molecule has 1 aliphatic carbocycles. The standard InChI is InChI=1S/C16H20N2O2/c1-3-20-15-10-14(16(15)19-2)18-12-6-7-13-11(9-12)5-4-8-17-13/h4-9,14-16,18H,3,10H2,1-2H3. The average Bonchev–Trinajstić information content (AvgIpc) is 2.46. The van der Waals surface area contributed by atoms with Gasteiger partial charge in [0.05, 0.1) is 17.7 Å². The predicted octanol–water partition coefficient (Wildman–Crippen LogP) is 2.84. The van der Waals surface area contributed by atoms with Crippen LogP contribution in [0.15, 0.2) is 36.5 Å². The lowest BCUT2D eigenvalue weighted by molar-refractivity contribution is -0.118. The van der Waals surface area contributed by atoms with Crippen LogP contribution in [0, 0.1) is 0 Å². The van der Waals surface area contributed by atoms with Gasteiger partial charge in [-0.15, -0.1) is 0 Å². The topological polar surface area (TPSA) is 43.4 Å². The van der Waals surface area contributed by atoms with Crippen LogP contribution in [0.4, 0.5) is 5.69 Å². The molecular weight excluding hydrogens is 252 g/mol. The van der Waals surface area contributed by atoms with E-state index in [0.29, 0.717) is 6.04 Å². The number of nitrogens with zero attached hydrogens (tertiary/aromatic N) is 1. The van der Waals surface area contributed by atoms with Crippen LogP contribution in [0.3, 0.4) is 0 Å². The van der Waals surface area contributed by atoms with Crippen molar-refractivity contribution >= 4 is 16.6 Å². The number of aromatic nitrogens is 1. The fourth-order valence-corrected chi connectivity index (χ4v) is 2.80. The molecule has 0 amide bonds. The number of rotatable bonds is 5. The number of hydrogen-bond donors (Lipinski definition) is 1. The fourth-order valence-electron chi connectivity index (χ4n) is 2.80. The van der Waals surface area contributed by atoms with Gasteiger partial charge in [0.1, 0.15) is 6.10 Å². The second-order valence-corrected chi connectivity index (χ2v) is 5.09. The molecule has 1 saturated carbocycles. The third-order valence-electron chi connectivity index (χ3n) is 3.86. The molecule has 0 aliphatic heterocycles. The zero-order chi connectivity index (χ0) is 13.9. The van der Waals surface area contributed by atoms with Crippen LogP contribution in [0.1, 0.15) is 13.3 Å². The molecule has 3 unspecified atom stereocenters. The van der Waals surface area contributed by atoms with Crippen molar-refractivity contribution in [3.63, 3.8) is 0 Å². The number of ether oxygens (including phenoxy) is 2. The second-order valence-electron chi connectivity index (χ2n) is 5.09. The lowest BCUT2D eigenvalue weighted by Crippen LogP contribution is -2.56. The van der Waals surface area contributed by atoms with E-state index in [1.165, 1.54) is 0 Å². The zero-order valence-electron chi connectivity index (χ0n) is 11.9. The molecule has 4 heteroatoms. The van der Waals surface area contributed by atoms with Gasteiger partial charge in [0.2, 0.25) is 0 Å². The van der Waals surface area contributed by atoms with Crippen molar-refractivity contribution in [1.82, 2.24) is 4.98 Å². The molecule has 0 saturated heterocycles. The van der Waals surface area contributed by atoms with Crippen LogP contribution in [-0.4, -0.2) is 37.0 Å². The van der Waals surface area contributed by atoms with Gasteiger partial charge in [-0.1, -0.05) is 6.07 Å². The number of hydrogen-bond acceptors (Lipinski definition) is 4. The van der Waals surface area contributed by atoms with Gasteiger partial charge in [-0.05, 0) is 37.6 Å². The molecule has 1 aromatic heterocycles. The number of anilines is 1. The van der Waals surface area contributed by atoms with Crippen LogP contribution in [0.25, 0.3) is 10.9 Å². The summed E-state index contributed by atoms with van der Waals surface area (Å²) in [4.78, 5) is 4.33. The van der Waals surface area contributed by atoms with E-state index in [2.05, 4.69) is 28.5 Å². The van der Waals surface area contributed by atoms with Crippen molar-refractivity contribution in [2.24, 2.45) is 0 Å². The Morgan fingerprint density at radius 2 is 2.25 bits per heavy atom. The number of pyridine rings is 1. The summed E-state index contributed by atoms with van der Waals surface area (Å²) >= 11 is 0. The van der Waals surface area contributed by atoms with Gasteiger partial charge >= 0.3 is 0 Å². The molecule has 1 aromatic carbocycles. The minimum atomic E-state index is 0.125. The highest BCUT2D eigenvalue weighted by molar-refractivity contribution is 5.82. The largest absolute Gasteiger partial charge is 0.379 e. The van der Waals surface area contributed by atoms with Crippen molar-refractivity contribution in [2.45, 2.75) is 31.6 Å². The van der Waals surface area contributed by atoms with Crippen molar-refractivity contribution < 1.29 is 9.47 Å². The van der Waals surface area contributed by atoms with Gasteiger partial charge in [-0.3, -0.25) is 4.98 Å². The molecule has 0 radical (unpaired) electrons. The van der Waals surface area contributed by atoms with Crippen LogP contribution in [0.2, 0.25) is 0 Å². The van der Waals surface area contributed by atoms with E-state index in [-0.39, 0.29) is 12.2 Å². The summed E-state index contributed by atoms with van der Waals surface area (Å²) in [7, 11) is 1.74. The number of fused-ring (bicyclic) bond motifs is 1. The molecule has 1 fully saturated rings. The number of methoxy groups -OCH3 is 1. The van der Waals surface area contributed by atoms with E-state index in [1.54, 1.807) is 7.11 Å². The molecule has 1 N–H and O–H groups in total. The van der Waals surface area contributed by atoms with E-state index in [4.69, 9.17) is 9.47 Å². The SMILES string of the molecule is CCOC1CC(Nc2ccc3ncccc3c2)C1OC. The molecule has 106 valence electrons. The molecule has 2 aromatic rings. The van der Waals surface area contributed by atoms with Crippen molar-refractivity contribution in [3.8, 4) is 0 Å². The monoisotopic (exact) mass is 272 g/mol. The molecule has 0 spiro atoms. The van der Waals surface area contributed by atoms with Crippen LogP contribution in [-0.2, 0) is 9.47 Å². The zero-order valence-corrected chi connectivity index (χ0v) is 11.9. The van der Waals surface area contributed by atoms with Gasteiger partial charge in [-0.2, -0.15) is 0 Å². The first kappa shape index (κ1) is 13.3. The third-order valence-corrected chi connectivity index (χ3v) is 3.86. The van der Waals surface area contributed by atoms with E-state index < -0.39 is 0 Å². The fraction of sp³-hybridized carbons (Fsp3) is 0.438. The third kappa shape index (κ3) is 2.49. The highest BCUT2D eigenvalue weighted by Crippen LogP contribution is 2.30. The first-order valence-corrected chi connectivity index (χ1v) is 7.07. The van der Waals surface area contributed by atoms with Crippen molar-refractivity contribution in [3.05, 3.63) is 36.5 Å². The van der Waals surface area contributed by atoms with E-state index >= 15 is 0 Å². The van der Waals surface area contributed by atoms with E-state index in [9.17, 15) is 0 Å². The quantitative estimate of drug-likeness (QED) is 0.909. The molecule has 3 atom stereocenters. The summed E-state index contributed by atoms with van der Waals surface area (Å²) in [5.74, 6) is 0. The van der Waals surface area contributed by atoms with Crippen molar-refractivity contribution in [1.29, 1.82) is 0 Å². The number of nitrogens with one attached hydrogen (secondary N) is 1. The lowest BCUT2D eigenvalue weighted by atomic mass is 9.85. The Morgan fingerprint density at radius 1 is 1.35 bits per heavy atom. The summed E-state index contributed by atoms with van der Waals surface area (Å²) < 4.78 is 11.2. The Labute approximate surface area is 119 Å². The molecule has 4 nitrogen and oxygen atoms in total. The lowest BCUT2D eigenvalue weighted by Gasteiger charge is -2.43. The smallest absolute Gasteiger partial charge is 0.103 e. The minimum Gasteiger partial charge on any atom is -0.379 e.